The lowest BCUT2D eigenvalue weighted by Crippen LogP contribution is -2.45. The van der Waals surface area contributed by atoms with Crippen molar-refractivity contribution in [2.75, 3.05) is 10.6 Å². The lowest BCUT2D eigenvalue weighted by molar-refractivity contribution is -0.119. The SMILES string of the molecule is CC(=O)Nc1ccc(NC(=O)[C@@H](N)C(C)(C)C)cc1.Cl. The molecule has 0 spiro atoms. The molecule has 0 radical (unpaired) electrons. The molecular weight excluding hydrogens is 278 g/mol. The summed E-state index contributed by atoms with van der Waals surface area (Å²) in [5.74, 6) is -0.355. The van der Waals surface area contributed by atoms with Crippen LogP contribution < -0.4 is 16.4 Å². The first kappa shape index (κ1) is 18.4. The van der Waals surface area contributed by atoms with E-state index in [1.165, 1.54) is 6.92 Å². The molecule has 0 aliphatic rings. The fourth-order valence-electron chi connectivity index (χ4n) is 1.45. The smallest absolute Gasteiger partial charge is 0.241 e. The summed E-state index contributed by atoms with van der Waals surface area (Å²) >= 11 is 0. The summed E-state index contributed by atoms with van der Waals surface area (Å²) in [5.41, 5.74) is 6.91. The molecule has 0 unspecified atom stereocenters. The van der Waals surface area contributed by atoms with Gasteiger partial charge in [0, 0.05) is 18.3 Å². The molecule has 0 aliphatic heterocycles. The molecule has 1 aromatic carbocycles. The van der Waals surface area contributed by atoms with Crippen LogP contribution in [0.5, 0.6) is 0 Å². The molecule has 1 aromatic rings. The summed E-state index contributed by atoms with van der Waals surface area (Å²) in [4.78, 5) is 22.8. The number of nitrogens with one attached hydrogen (secondary N) is 2. The van der Waals surface area contributed by atoms with Crippen molar-refractivity contribution in [2.24, 2.45) is 11.1 Å². The number of rotatable bonds is 3. The summed E-state index contributed by atoms with van der Waals surface area (Å²) in [5, 5.41) is 5.41. The van der Waals surface area contributed by atoms with E-state index in [4.69, 9.17) is 5.73 Å². The number of benzene rings is 1. The van der Waals surface area contributed by atoms with E-state index in [1.807, 2.05) is 20.8 Å². The second-order valence-corrected chi connectivity index (χ2v) is 5.59. The summed E-state index contributed by atoms with van der Waals surface area (Å²) in [6.07, 6.45) is 0. The Morgan fingerprint density at radius 3 is 1.80 bits per heavy atom. The minimum atomic E-state index is -0.581. The van der Waals surface area contributed by atoms with E-state index in [1.54, 1.807) is 24.3 Å². The maximum absolute atomic E-state index is 11.9. The molecule has 1 rings (SSSR count). The minimum Gasteiger partial charge on any atom is -0.326 e. The van der Waals surface area contributed by atoms with Crippen molar-refractivity contribution in [3.63, 3.8) is 0 Å². The number of amides is 2. The average Bonchev–Trinajstić information content (AvgIpc) is 2.28. The lowest BCUT2D eigenvalue weighted by Gasteiger charge is -2.25. The normalized spacial score (nSPS) is 12.1. The first-order valence-corrected chi connectivity index (χ1v) is 6.14. The molecule has 5 nitrogen and oxygen atoms in total. The predicted molar refractivity (Wildman–Crippen MR) is 84.1 cm³/mol. The van der Waals surface area contributed by atoms with Crippen molar-refractivity contribution >= 4 is 35.6 Å². The first-order valence-electron chi connectivity index (χ1n) is 6.14. The van der Waals surface area contributed by atoms with Crippen LogP contribution in [0.4, 0.5) is 11.4 Å². The van der Waals surface area contributed by atoms with Gasteiger partial charge in [-0.05, 0) is 29.7 Å². The van der Waals surface area contributed by atoms with E-state index in [0.29, 0.717) is 11.4 Å². The first-order chi connectivity index (χ1) is 8.70. The number of hydrogen-bond acceptors (Lipinski definition) is 3. The molecule has 1 atom stereocenters. The number of halogens is 1. The van der Waals surface area contributed by atoms with Gasteiger partial charge in [-0.3, -0.25) is 9.59 Å². The third kappa shape index (κ3) is 5.59. The Kier molecular flexibility index (Phi) is 6.68. The van der Waals surface area contributed by atoms with Gasteiger partial charge in [-0.2, -0.15) is 0 Å². The Morgan fingerprint density at radius 2 is 1.45 bits per heavy atom. The van der Waals surface area contributed by atoms with Crippen molar-refractivity contribution in [3.8, 4) is 0 Å². The molecule has 0 aliphatic carbocycles. The third-order valence-corrected chi connectivity index (χ3v) is 2.69. The Hall–Kier alpha value is -1.59. The average molecular weight is 300 g/mol. The van der Waals surface area contributed by atoms with Crippen molar-refractivity contribution < 1.29 is 9.59 Å². The highest BCUT2D eigenvalue weighted by molar-refractivity contribution is 5.95. The zero-order chi connectivity index (χ0) is 14.6. The van der Waals surface area contributed by atoms with E-state index in [-0.39, 0.29) is 29.6 Å². The molecule has 0 bridgehead atoms. The van der Waals surface area contributed by atoms with Crippen LogP contribution in [0.2, 0.25) is 0 Å². The molecule has 0 aromatic heterocycles. The zero-order valence-electron chi connectivity index (χ0n) is 12.2. The third-order valence-electron chi connectivity index (χ3n) is 2.69. The second-order valence-electron chi connectivity index (χ2n) is 5.59. The van der Waals surface area contributed by atoms with Crippen molar-refractivity contribution in [3.05, 3.63) is 24.3 Å². The van der Waals surface area contributed by atoms with Crippen molar-refractivity contribution in [2.45, 2.75) is 33.7 Å². The topological polar surface area (TPSA) is 84.2 Å². The fourth-order valence-corrected chi connectivity index (χ4v) is 1.45. The van der Waals surface area contributed by atoms with Gasteiger partial charge in [0.2, 0.25) is 11.8 Å². The molecule has 2 amide bonds. The highest BCUT2D eigenvalue weighted by Gasteiger charge is 2.27. The molecular formula is C14H22ClN3O2. The Balaban J connectivity index is 0.00000361. The fraction of sp³-hybridized carbons (Fsp3) is 0.429. The van der Waals surface area contributed by atoms with Crippen LogP contribution in [0, 0.1) is 5.41 Å². The number of nitrogens with two attached hydrogens (primary N) is 1. The molecule has 4 N–H and O–H groups in total. The van der Waals surface area contributed by atoms with Crippen LogP contribution >= 0.6 is 12.4 Å². The molecule has 112 valence electrons. The van der Waals surface area contributed by atoms with E-state index in [9.17, 15) is 9.59 Å². The van der Waals surface area contributed by atoms with E-state index in [2.05, 4.69) is 10.6 Å². The van der Waals surface area contributed by atoms with E-state index < -0.39 is 6.04 Å². The summed E-state index contributed by atoms with van der Waals surface area (Å²) < 4.78 is 0. The van der Waals surface area contributed by atoms with Gasteiger partial charge in [0.05, 0.1) is 6.04 Å². The quantitative estimate of drug-likeness (QED) is 0.801. The minimum absolute atomic E-state index is 0. The number of hydrogen-bond donors (Lipinski definition) is 3. The van der Waals surface area contributed by atoms with Gasteiger partial charge >= 0.3 is 0 Å². The van der Waals surface area contributed by atoms with Gasteiger partial charge in [0.15, 0.2) is 0 Å². The number of carbonyl (C=O) groups is 2. The van der Waals surface area contributed by atoms with Gasteiger partial charge in [0.1, 0.15) is 0 Å². The standard InChI is InChI=1S/C14H21N3O2.ClH/c1-9(18)16-10-5-7-11(8-6-10)17-13(19)12(15)14(2,3)4;/h5-8,12H,15H2,1-4H3,(H,16,18)(H,17,19);1H/t12-;/m1./s1. The van der Waals surface area contributed by atoms with E-state index >= 15 is 0 Å². The Bertz CT molecular complexity index is 466. The number of anilines is 2. The second kappa shape index (κ2) is 7.26. The molecule has 0 saturated heterocycles. The monoisotopic (exact) mass is 299 g/mol. The van der Waals surface area contributed by atoms with Gasteiger partial charge in [-0.15, -0.1) is 12.4 Å². The van der Waals surface area contributed by atoms with Crippen LogP contribution in [0.1, 0.15) is 27.7 Å². The summed E-state index contributed by atoms with van der Waals surface area (Å²) in [7, 11) is 0. The molecule has 6 heteroatoms. The van der Waals surface area contributed by atoms with Gasteiger partial charge in [-0.25, -0.2) is 0 Å². The summed E-state index contributed by atoms with van der Waals surface area (Å²) in [6, 6.07) is 6.30. The van der Waals surface area contributed by atoms with Gasteiger partial charge < -0.3 is 16.4 Å². The largest absolute Gasteiger partial charge is 0.326 e. The molecule has 20 heavy (non-hydrogen) atoms. The van der Waals surface area contributed by atoms with Crippen LogP contribution in [-0.2, 0) is 9.59 Å². The van der Waals surface area contributed by atoms with Crippen LogP contribution in [0.25, 0.3) is 0 Å². The predicted octanol–water partition coefficient (Wildman–Crippen LogP) is 2.38. The maximum Gasteiger partial charge on any atom is 0.241 e. The molecule has 0 fully saturated rings. The molecule has 0 saturated carbocycles. The maximum atomic E-state index is 11.9. The molecule has 0 heterocycles. The zero-order valence-corrected chi connectivity index (χ0v) is 13.0. The van der Waals surface area contributed by atoms with Gasteiger partial charge in [-0.1, -0.05) is 20.8 Å². The summed E-state index contributed by atoms with van der Waals surface area (Å²) in [6.45, 7) is 7.18. The Morgan fingerprint density at radius 1 is 1.05 bits per heavy atom. The lowest BCUT2D eigenvalue weighted by atomic mass is 9.87. The van der Waals surface area contributed by atoms with Crippen LogP contribution in [0.15, 0.2) is 24.3 Å². The van der Waals surface area contributed by atoms with Crippen molar-refractivity contribution in [1.82, 2.24) is 0 Å². The van der Waals surface area contributed by atoms with Crippen LogP contribution in [-0.4, -0.2) is 17.9 Å². The van der Waals surface area contributed by atoms with Gasteiger partial charge in [0.25, 0.3) is 0 Å². The van der Waals surface area contributed by atoms with Crippen molar-refractivity contribution in [1.29, 1.82) is 0 Å². The Labute approximate surface area is 125 Å². The highest BCUT2D eigenvalue weighted by Crippen LogP contribution is 2.19. The van der Waals surface area contributed by atoms with E-state index in [0.717, 1.165) is 0 Å². The highest BCUT2D eigenvalue weighted by atomic mass is 35.5. The van der Waals surface area contributed by atoms with Crippen LogP contribution in [0.3, 0.4) is 0 Å². The number of carbonyl (C=O) groups excluding carboxylic acids is 2.